The number of hydrogen-bond donors (Lipinski definition) is 0. The molecule has 0 spiro atoms. The summed E-state index contributed by atoms with van der Waals surface area (Å²) in [5.41, 5.74) is 14.1. The van der Waals surface area contributed by atoms with Crippen molar-refractivity contribution in [3.63, 3.8) is 0 Å². The molecule has 2 heterocycles. The van der Waals surface area contributed by atoms with Crippen LogP contribution in [0.25, 0.3) is 86.2 Å². The second kappa shape index (κ2) is 16.1. The Morgan fingerprint density at radius 3 is 0.920 bits per heavy atom. The molecule has 75 heavy (non-hydrogen) atoms. The second-order valence-corrected chi connectivity index (χ2v) is 22.7. The van der Waals surface area contributed by atoms with Gasteiger partial charge in [-0.3, -0.25) is 0 Å². The molecule has 0 radical (unpaired) electrons. The SMILES string of the molecule is CCC(C)(C)c1cc2c(c3ccccc13)N(c1cccc3c4ccccc4c4ccccc4c13)c1cccc3c1B2c1cc(C(C)(C)CC)c2ccccc2c1N3c1cccc2c3ccccc3c3ccccc3c12. The van der Waals surface area contributed by atoms with Crippen molar-refractivity contribution in [3.05, 3.63) is 223 Å². The molecule has 0 fully saturated rings. The van der Waals surface area contributed by atoms with Crippen LogP contribution in [-0.4, -0.2) is 6.71 Å². The summed E-state index contributed by atoms with van der Waals surface area (Å²) in [6.45, 7) is 14.4. The third kappa shape index (κ3) is 6.04. The molecule has 2 aliphatic heterocycles. The molecule has 0 atom stereocenters. The van der Waals surface area contributed by atoms with E-state index < -0.39 is 0 Å². The number of benzene rings is 13. The van der Waals surface area contributed by atoms with Gasteiger partial charge in [0.15, 0.2) is 0 Å². The van der Waals surface area contributed by atoms with Gasteiger partial charge in [0.25, 0.3) is 6.71 Å². The molecule has 0 saturated carbocycles. The molecule has 0 unspecified atom stereocenters. The van der Waals surface area contributed by atoms with E-state index in [1.54, 1.807) is 0 Å². The number of fused-ring (bicyclic) bond motifs is 20. The molecule has 0 N–H and O–H groups in total. The molecule has 13 aromatic carbocycles. The second-order valence-electron chi connectivity index (χ2n) is 22.7. The van der Waals surface area contributed by atoms with Crippen molar-refractivity contribution in [1.29, 1.82) is 0 Å². The third-order valence-electron chi connectivity index (χ3n) is 18.2. The lowest BCUT2D eigenvalue weighted by atomic mass is 9.32. The van der Waals surface area contributed by atoms with Crippen molar-refractivity contribution in [1.82, 2.24) is 0 Å². The predicted octanol–water partition coefficient (Wildman–Crippen LogP) is 18.4. The molecule has 0 bridgehead atoms. The van der Waals surface area contributed by atoms with Crippen LogP contribution in [0, 0.1) is 0 Å². The molecule has 0 aliphatic carbocycles. The van der Waals surface area contributed by atoms with Gasteiger partial charge in [0, 0.05) is 44.3 Å². The van der Waals surface area contributed by atoms with E-state index in [0.717, 1.165) is 12.8 Å². The summed E-state index contributed by atoms with van der Waals surface area (Å²) in [4.78, 5) is 5.40. The Balaban J connectivity index is 1.16. The summed E-state index contributed by atoms with van der Waals surface area (Å²) in [6.07, 6.45) is 2.03. The first-order valence-electron chi connectivity index (χ1n) is 27.2. The standard InChI is InChI=1S/C72H57BN2/c1-7-71(3,4)58-42-60-69(56-34-19-15-30-50(56)58)74(62-38-21-36-54-48-26-11-9-24-44(48)46-28-13-17-32-52(46)66(54)62)64-40-23-41-65-68(64)73(60)61-43-59(72(5,6)8-2)51-31-16-20-35-57(51)70(61)75(65)63-39-22-37-55-49-27-12-10-25-45(49)47-29-14-18-33-53(47)67(55)63/h9-43H,7-8H2,1-6H3. The summed E-state index contributed by atoms with van der Waals surface area (Å²) >= 11 is 0. The Kier molecular flexibility index (Phi) is 9.44. The number of hydrogen-bond acceptors (Lipinski definition) is 2. The van der Waals surface area contributed by atoms with E-state index in [1.165, 1.54) is 148 Å². The first-order chi connectivity index (χ1) is 36.7. The fraction of sp³-hybridized carbons (Fsp3) is 0.139. The van der Waals surface area contributed by atoms with Gasteiger partial charge < -0.3 is 9.80 Å². The van der Waals surface area contributed by atoms with Crippen molar-refractivity contribution in [2.45, 2.75) is 65.2 Å². The maximum atomic E-state index is 2.70. The zero-order valence-corrected chi connectivity index (χ0v) is 43.6. The molecule has 0 amide bonds. The minimum Gasteiger partial charge on any atom is -0.310 e. The van der Waals surface area contributed by atoms with E-state index in [4.69, 9.17) is 0 Å². The van der Waals surface area contributed by atoms with Gasteiger partial charge >= 0.3 is 0 Å². The highest BCUT2D eigenvalue weighted by atomic mass is 15.2. The minimum absolute atomic E-state index is 0.0826. The third-order valence-corrected chi connectivity index (χ3v) is 18.2. The number of nitrogens with zero attached hydrogens (tertiary/aromatic N) is 2. The van der Waals surface area contributed by atoms with Crippen LogP contribution in [0.2, 0.25) is 0 Å². The Labute approximate surface area is 439 Å². The van der Waals surface area contributed by atoms with E-state index in [1.807, 2.05) is 0 Å². The van der Waals surface area contributed by atoms with Gasteiger partial charge in [-0.05, 0) is 140 Å². The Hall–Kier alpha value is -8.40. The van der Waals surface area contributed by atoms with Crippen molar-refractivity contribution < 1.29 is 0 Å². The van der Waals surface area contributed by atoms with Gasteiger partial charge in [0.2, 0.25) is 0 Å². The minimum atomic E-state index is -0.0944. The van der Waals surface area contributed by atoms with Gasteiger partial charge in [0.1, 0.15) is 0 Å². The summed E-state index contributed by atoms with van der Waals surface area (Å²) in [5, 5.41) is 20.5. The maximum Gasteiger partial charge on any atom is 0.252 e. The molecule has 2 nitrogen and oxygen atoms in total. The Morgan fingerprint density at radius 2 is 0.573 bits per heavy atom. The van der Waals surface area contributed by atoms with E-state index >= 15 is 0 Å². The van der Waals surface area contributed by atoms with Crippen LogP contribution in [-0.2, 0) is 10.8 Å². The zero-order chi connectivity index (χ0) is 50.5. The van der Waals surface area contributed by atoms with Crippen molar-refractivity contribution in [3.8, 4) is 0 Å². The van der Waals surface area contributed by atoms with Crippen LogP contribution in [0.5, 0.6) is 0 Å². The van der Waals surface area contributed by atoms with Crippen LogP contribution in [0.1, 0.15) is 65.5 Å². The van der Waals surface area contributed by atoms with Gasteiger partial charge in [-0.1, -0.05) is 230 Å². The average Bonchev–Trinajstić information content (AvgIpc) is 3.58. The first-order valence-corrected chi connectivity index (χ1v) is 27.2. The summed E-state index contributed by atoms with van der Waals surface area (Å²) in [6, 6.07) is 81.4. The Bertz CT molecular complexity index is 4220. The lowest BCUT2D eigenvalue weighted by Crippen LogP contribution is -2.62. The molecule has 358 valence electrons. The molecular weight excluding hydrogens is 904 g/mol. The Morgan fingerprint density at radius 1 is 0.307 bits per heavy atom. The van der Waals surface area contributed by atoms with Gasteiger partial charge in [0.05, 0.1) is 11.4 Å². The molecule has 2 aliphatic rings. The quantitative estimate of drug-likeness (QED) is 0.121. The lowest BCUT2D eigenvalue weighted by Gasteiger charge is -2.46. The number of rotatable bonds is 6. The normalized spacial score (nSPS) is 13.5. The van der Waals surface area contributed by atoms with Crippen molar-refractivity contribution in [2.24, 2.45) is 0 Å². The molecule has 0 aromatic heterocycles. The van der Waals surface area contributed by atoms with E-state index in [-0.39, 0.29) is 17.5 Å². The molecule has 15 rings (SSSR count). The van der Waals surface area contributed by atoms with Crippen molar-refractivity contribution in [2.75, 3.05) is 9.80 Å². The largest absolute Gasteiger partial charge is 0.310 e. The smallest absolute Gasteiger partial charge is 0.252 e. The molecule has 3 heteroatoms. The van der Waals surface area contributed by atoms with Crippen LogP contribution in [0.3, 0.4) is 0 Å². The highest BCUT2D eigenvalue weighted by Crippen LogP contribution is 2.54. The molecule has 0 saturated heterocycles. The lowest BCUT2D eigenvalue weighted by molar-refractivity contribution is 0.511. The topological polar surface area (TPSA) is 6.48 Å². The monoisotopic (exact) mass is 960 g/mol. The van der Waals surface area contributed by atoms with E-state index in [9.17, 15) is 0 Å². The molecule has 13 aromatic rings. The summed E-state index contributed by atoms with van der Waals surface area (Å²) < 4.78 is 0. The fourth-order valence-electron chi connectivity index (χ4n) is 13.9. The average molecular weight is 961 g/mol. The highest BCUT2D eigenvalue weighted by Gasteiger charge is 2.46. The summed E-state index contributed by atoms with van der Waals surface area (Å²) in [7, 11) is 0. The zero-order valence-electron chi connectivity index (χ0n) is 43.6. The van der Waals surface area contributed by atoms with Gasteiger partial charge in [-0.2, -0.15) is 0 Å². The van der Waals surface area contributed by atoms with Crippen LogP contribution < -0.4 is 26.2 Å². The van der Waals surface area contributed by atoms with Crippen LogP contribution in [0.15, 0.2) is 212 Å². The van der Waals surface area contributed by atoms with E-state index in [2.05, 4.69) is 264 Å². The van der Waals surface area contributed by atoms with Gasteiger partial charge in [-0.25, -0.2) is 0 Å². The predicted molar refractivity (Wildman–Crippen MR) is 327 cm³/mol. The van der Waals surface area contributed by atoms with Crippen LogP contribution >= 0.6 is 0 Å². The summed E-state index contributed by atoms with van der Waals surface area (Å²) in [5.74, 6) is 0. The fourth-order valence-corrected chi connectivity index (χ4v) is 13.9. The van der Waals surface area contributed by atoms with Crippen molar-refractivity contribution >= 4 is 143 Å². The maximum absolute atomic E-state index is 2.70. The van der Waals surface area contributed by atoms with Gasteiger partial charge in [-0.15, -0.1) is 0 Å². The number of anilines is 6. The highest BCUT2D eigenvalue weighted by molar-refractivity contribution is 7.01. The first kappa shape index (κ1) is 44.1. The molecular formula is C72H57BN2. The van der Waals surface area contributed by atoms with E-state index in [0.29, 0.717) is 0 Å². The van der Waals surface area contributed by atoms with Crippen LogP contribution in [0.4, 0.5) is 34.1 Å².